The van der Waals surface area contributed by atoms with E-state index in [4.69, 9.17) is 0 Å². The van der Waals surface area contributed by atoms with Crippen molar-refractivity contribution in [1.29, 1.82) is 0 Å². The summed E-state index contributed by atoms with van der Waals surface area (Å²) < 4.78 is 0. The zero-order chi connectivity index (χ0) is 11.1. The molecule has 0 spiro atoms. The van der Waals surface area contributed by atoms with E-state index in [0.717, 1.165) is 18.5 Å². The van der Waals surface area contributed by atoms with Crippen LogP contribution in [0.25, 0.3) is 0 Å². The summed E-state index contributed by atoms with van der Waals surface area (Å²) in [6.45, 7) is 7.08. The van der Waals surface area contributed by atoms with E-state index in [2.05, 4.69) is 20.8 Å². The second-order valence-corrected chi connectivity index (χ2v) is 5.03. The van der Waals surface area contributed by atoms with E-state index < -0.39 is 0 Å². The summed E-state index contributed by atoms with van der Waals surface area (Å²) in [4.78, 5) is 14.1. The number of nitrogens with zero attached hydrogens (tertiary/aromatic N) is 1. The fraction of sp³-hybridized carbons (Fsp3) is 0.462. The van der Waals surface area contributed by atoms with Crippen molar-refractivity contribution >= 4 is 5.91 Å². The highest BCUT2D eigenvalue weighted by Gasteiger charge is 2.31. The smallest absolute Gasteiger partial charge is 0.254 e. The molecular weight excluding hydrogens is 186 g/mol. The van der Waals surface area contributed by atoms with Crippen LogP contribution in [-0.4, -0.2) is 22.9 Å². The first kappa shape index (κ1) is 10.2. The molecule has 0 aliphatic carbocycles. The third-order valence-corrected chi connectivity index (χ3v) is 2.91. The van der Waals surface area contributed by atoms with Gasteiger partial charge >= 0.3 is 0 Å². The zero-order valence-corrected chi connectivity index (χ0v) is 9.58. The first-order valence-corrected chi connectivity index (χ1v) is 5.40. The summed E-state index contributed by atoms with van der Waals surface area (Å²) in [5.41, 5.74) is 1.98. The highest BCUT2D eigenvalue weighted by molar-refractivity contribution is 5.97. The number of benzene rings is 1. The molecule has 0 atom stereocenters. The summed E-state index contributed by atoms with van der Waals surface area (Å²) in [7, 11) is 0. The van der Waals surface area contributed by atoms with Crippen molar-refractivity contribution in [3.63, 3.8) is 0 Å². The maximum absolute atomic E-state index is 12.2. The molecule has 0 radical (unpaired) electrons. The van der Waals surface area contributed by atoms with Gasteiger partial charge in [0.15, 0.2) is 0 Å². The van der Waals surface area contributed by atoms with Gasteiger partial charge in [-0.1, -0.05) is 18.2 Å². The molecule has 0 unspecified atom stereocenters. The van der Waals surface area contributed by atoms with Crippen LogP contribution in [0.2, 0.25) is 0 Å². The Kier molecular flexibility index (Phi) is 2.29. The average molecular weight is 203 g/mol. The molecule has 15 heavy (non-hydrogen) atoms. The van der Waals surface area contributed by atoms with Crippen LogP contribution in [0.5, 0.6) is 0 Å². The quantitative estimate of drug-likeness (QED) is 0.634. The van der Waals surface area contributed by atoms with Crippen LogP contribution in [0.4, 0.5) is 0 Å². The molecular formula is C13H17NO. The number of carbonyl (C=O) groups excluding carboxylic acids is 1. The van der Waals surface area contributed by atoms with Crippen LogP contribution in [0.15, 0.2) is 24.3 Å². The van der Waals surface area contributed by atoms with Gasteiger partial charge in [-0.2, -0.15) is 0 Å². The second-order valence-electron chi connectivity index (χ2n) is 5.03. The Hall–Kier alpha value is -1.31. The summed E-state index contributed by atoms with van der Waals surface area (Å²) in [5.74, 6) is 0.171. The first-order valence-electron chi connectivity index (χ1n) is 5.40. The van der Waals surface area contributed by atoms with Crippen molar-refractivity contribution in [1.82, 2.24) is 4.90 Å². The number of hydrogen-bond donors (Lipinski definition) is 0. The molecule has 0 saturated heterocycles. The highest BCUT2D eigenvalue weighted by Crippen LogP contribution is 2.24. The molecule has 1 heterocycles. The normalized spacial score (nSPS) is 16.5. The Morgan fingerprint density at radius 1 is 1.20 bits per heavy atom. The minimum absolute atomic E-state index is 0.0788. The van der Waals surface area contributed by atoms with Gasteiger partial charge < -0.3 is 4.90 Å². The maximum Gasteiger partial charge on any atom is 0.254 e. The third kappa shape index (κ3) is 1.76. The minimum atomic E-state index is -0.0788. The molecule has 2 rings (SSSR count). The summed E-state index contributed by atoms with van der Waals surface area (Å²) >= 11 is 0. The molecule has 0 bridgehead atoms. The maximum atomic E-state index is 12.2. The van der Waals surface area contributed by atoms with E-state index in [1.54, 1.807) is 0 Å². The fourth-order valence-electron chi connectivity index (χ4n) is 2.07. The predicted molar refractivity (Wildman–Crippen MR) is 60.9 cm³/mol. The lowest BCUT2D eigenvalue weighted by atomic mass is 9.94. The summed E-state index contributed by atoms with van der Waals surface area (Å²) in [6.07, 6.45) is 0.971. The topological polar surface area (TPSA) is 20.3 Å². The van der Waals surface area contributed by atoms with Crippen LogP contribution in [0.3, 0.4) is 0 Å². The van der Waals surface area contributed by atoms with E-state index in [0.29, 0.717) is 0 Å². The molecule has 1 aliphatic rings. The standard InChI is InChI=1S/C13H17NO/c1-13(2,3)14-9-8-10-6-4-5-7-11(10)12(14)15/h4-7H,8-9H2,1-3H3. The lowest BCUT2D eigenvalue weighted by Gasteiger charge is -2.39. The zero-order valence-electron chi connectivity index (χ0n) is 9.58. The van der Waals surface area contributed by atoms with Crippen molar-refractivity contribution < 1.29 is 4.79 Å². The molecule has 80 valence electrons. The average Bonchev–Trinajstić information content (AvgIpc) is 2.16. The van der Waals surface area contributed by atoms with Crippen LogP contribution in [0, 0.1) is 0 Å². The van der Waals surface area contributed by atoms with Gasteiger partial charge in [-0.3, -0.25) is 4.79 Å². The van der Waals surface area contributed by atoms with E-state index in [-0.39, 0.29) is 11.4 Å². The Balaban J connectivity index is 2.38. The fourth-order valence-corrected chi connectivity index (χ4v) is 2.07. The number of fused-ring (bicyclic) bond motifs is 1. The van der Waals surface area contributed by atoms with Gasteiger partial charge in [0.1, 0.15) is 0 Å². The van der Waals surface area contributed by atoms with Gasteiger partial charge in [-0.05, 0) is 38.8 Å². The highest BCUT2D eigenvalue weighted by atomic mass is 16.2. The van der Waals surface area contributed by atoms with Gasteiger partial charge in [-0.15, -0.1) is 0 Å². The van der Waals surface area contributed by atoms with Gasteiger partial charge in [0.25, 0.3) is 5.91 Å². The molecule has 1 aliphatic heterocycles. The molecule has 2 heteroatoms. The molecule has 2 nitrogen and oxygen atoms in total. The van der Waals surface area contributed by atoms with Crippen LogP contribution in [0.1, 0.15) is 36.7 Å². The second kappa shape index (κ2) is 3.37. The van der Waals surface area contributed by atoms with E-state index >= 15 is 0 Å². The van der Waals surface area contributed by atoms with Crippen molar-refractivity contribution in [3.05, 3.63) is 35.4 Å². The number of carbonyl (C=O) groups is 1. The summed E-state index contributed by atoms with van der Waals surface area (Å²) in [5, 5.41) is 0. The van der Waals surface area contributed by atoms with Crippen molar-refractivity contribution in [3.8, 4) is 0 Å². The molecule has 0 saturated carbocycles. The predicted octanol–water partition coefficient (Wildman–Crippen LogP) is 2.48. The monoisotopic (exact) mass is 203 g/mol. The van der Waals surface area contributed by atoms with Crippen LogP contribution < -0.4 is 0 Å². The Morgan fingerprint density at radius 3 is 2.53 bits per heavy atom. The Morgan fingerprint density at radius 2 is 1.87 bits per heavy atom. The van der Waals surface area contributed by atoms with E-state index in [1.807, 2.05) is 29.2 Å². The Bertz CT molecular complexity index is 390. The van der Waals surface area contributed by atoms with Gasteiger partial charge in [-0.25, -0.2) is 0 Å². The summed E-state index contributed by atoms with van der Waals surface area (Å²) in [6, 6.07) is 7.91. The van der Waals surface area contributed by atoms with Crippen molar-refractivity contribution in [2.75, 3.05) is 6.54 Å². The van der Waals surface area contributed by atoms with E-state index in [1.165, 1.54) is 5.56 Å². The van der Waals surface area contributed by atoms with Gasteiger partial charge in [0.05, 0.1) is 0 Å². The largest absolute Gasteiger partial charge is 0.333 e. The third-order valence-electron chi connectivity index (χ3n) is 2.91. The minimum Gasteiger partial charge on any atom is -0.333 e. The lowest BCUT2D eigenvalue weighted by Crippen LogP contribution is -2.49. The SMILES string of the molecule is CC(C)(C)N1CCc2ccccc2C1=O. The van der Waals surface area contributed by atoms with Crippen LogP contribution >= 0.6 is 0 Å². The molecule has 0 aromatic heterocycles. The number of rotatable bonds is 0. The molecule has 1 amide bonds. The molecule has 0 N–H and O–H groups in total. The van der Waals surface area contributed by atoms with Gasteiger partial charge in [0, 0.05) is 17.6 Å². The molecule has 0 fully saturated rings. The first-order chi connectivity index (χ1) is 7.00. The van der Waals surface area contributed by atoms with Crippen molar-refractivity contribution in [2.24, 2.45) is 0 Å². The Labute approximate surface area is 90.9 Å². The molecule has 1 aromatic carbocycles. The number of amides is 1. The van der Waals surface area contributed by atoms with Crippen LogP contribution in [-0.2, 0) is 6.42 Å². The number of hydrogen-bond acceptors (Lipinski definition) is 1. The molecule has 1 aromatic rings. The lowest BCUT2D eigenvalue weighted by molar-refractivity contribution is 0.0562. The van der Waals surface area contributed by atoms with E-state index in [9.17, 15) is 4.79 Å². The van der Waals surface area contributed by atoms with Gasteiger partial charge in [0.2, 0.25) is 0 Å². The van der Waals surface area contributed by atoms with Crippen molar-refractivity contribution in [2.45, 2.75) is 32.7 Å².